The van der Waals surface area contributed by atoms with Crippen LogP contribution in [0.15, 0.2) is 83.3 Å². The second kappa shape index (κ2) is 15.1. The van der Waals surface area contributed by atoms with Crippen molar-refractivity contribution in [3.63, 3.8) is 0 Å². The first-order chi connectivity index (χ1) is 20.4. The molecule has 1 aromatic heterocycles. The molecule has 3 N–H and O–H groups in total. The summed E-state index contributed by atoms with van der Waals surface area (Å²) >= 11 is 0. The number of carboxylic acids is 1. The zero-order chi connectivity index (χ0) is 29.9. The highest BCUT2D eigenvalue weighted by Crippen LogP contribution is 2.30. The molecule has 1 heterocycles. The Hall–Kier alpha value is -4.20. The highest BCUT2D eigenvalue weighted by atomic mass is 16.5. The zero-order valence-corrected chi connectivity index (χ0v) is 24.6. The Morgan fingerprint density at radius 2 is 1.71 bits per heavy atom. The van der Waals surface area contributed by atoms with Gasteiger partial charge < -0.3 is 24.9 Å². The third kappa shape index (κ3) is 7.96. The Morgan fingerprint density at radius 1 is 0.952 bits per heavy atom. The van der Waals surface area contributed by atoms with E-state index in [9.17, 15) is 14.7 Å². The van der Waals surface area contributed by atoms with Gasteiger partial charge in [-0.1, -0.05) is 74.0 Å². The van der Waals surface area contributed by atoms with Crippen LogP contribution in [-0.4, -0.2) is 36.6 Å². The van der Waals surface area contributed by atoms with Gasteiger partial charge in [-0.2, -0.15) is 0 Å². The number of carboxylic acid groups (broad SMARTS) is 1. The van der Waals surface area contributed by atoms with Crippen LogP contribution in [0, 0.1) is 6.92 Å². The van der Waals surface area contributed by atoms with Crippen molar-refractivity contribution in [2.45, 2.75) is 58.8 Å². The van der Waals surface area contributed by atoms with Gasteiger partial charge in [0, 0.05) is 11.1 Å². The van der Waals surface area contributed by atoms with Gasteiger partial charge in [0.25, 0.3) is 5.91 Å². The summed E-state index contributed by atoms with van der Waals surface area (Å²) in [6.07, 6.45) is 3.37. The third-order valence-electron chi connectivity index (χ3n) is 7.31. The van der Waals surface area contributed by atoms with Crippen LogP contribution in [0.3, 0.4) is 0 Å². The molecule has 1 amide bonds. The number of furan rings is 1. The van der Waals surface area contributed by atoms with Crippen LogP contribution in [0.1, 0.15) is 59.0 Å². The number of hydrogen-bond acceptors (Lipinski definition) is 5. The SMILES string of the molecule is CCCCc1cc(-c2ccccc2)oc1COCc1ccc(C(=O)NC(CCNC)C(=O)O)c(-c2ccccc2C)c1. The summed E-state index contributed by atoms with van der Waals surface area (Å²) < 4.78 is 12.4. The van der Waals surface area contributed by atoms with E-state index in [1.54, 1.807) is 13.1 Å². The fourth-order valence-corrected chi connectivity index (χ4v) is 4.93. The van der Waals surface area contributed by atoms with Crippen LogP contribution in [-0.2, 0) is 29.2 Å². The number of nitrogens with one attached hydrogen (secondary N) is 2. The van der Waals surface area contributed by atoms with Gasteiger partial charge in [-0.25, -0.2) is 4.79 Å². The van der Waals surface area contributed by atoms with Crippen molar-refractivity contribution < 1.29 is 23.8 Å². The fraction of sp³-hybridized carbons (Fsp3) is 0.314. The van der Waals surface area contributed by atoms with E-state index < -0.39 is 17.9 Å². The lowest BCUT2D eigenvalue weighted by molar-refractivity contribution is -0.139. The van der Waals surface area contributed by atoms with E-state index in [4.69, 9.17) is 9.15 Å². The number of benzene rings is 3. The molecule has 7 nitrogen and oxygen atoms in total. The molecule has 0 radical (unpaired) electrons. The van der Waals surface area contributed by atoms with E-state index in [1.165, 1.54) is 0 Å². The average molecular weight is 569 g/mol. The molecule has 3 aromatic carbocycles. The monoisotopic (exact) mass is 568 g/mol. The molecule has 0 saturated heterocycles. The van der Waals surface area contributed by atoms with Crippen molar-refractivity contribution in [2.24, 2.45) is 0 Å². The summed E-state index contributed by atoms with van der Waals surface area (Å²) in [7, 11) is 1.75. The van der Waals surface area contributed by atoms with E-state index in [0.717, 1.165) is 64.2 Å². The van der Waals surface area contributed by atoms with Crippen LogP contribution in [0.5, 0.6) is 0 Å². The van der Waals surface area contributed by atoms with E-state index in [1.807, 2.05) is 73.7 Å². The van der Waals surface area contributed by atoms with Gasteiger partial charge in [-0.05, 0) is 85.8 Å². The lowest BCUT2D eigenvalue weighted by Gasteiger charge is -2.18. The van der Waals surface area contributed by atoms with Gasteiger partial charge in [0.2, 0.25) is 0 Å². The zero-order valence-electron chi connectivity index (χ0n) is 24.6. The smallest absolute Gasteiger partial charge is 0.326 e. The van der Waals surface area contributed by atoms with Crippen molar-refractivity contribution in [2.75, 3.05) is 13.6 Å². The Balaban J connectivity index is 1.55. The summed E-state index contributed by atoms with van der Waals surface area (Å²) in [5.74, 6) is 0.187. The van der Waals surface area contributed by atoms with Crippen LogP contribution >= 0.6 is 0 Å². The molecule has 0 aliphatic heterocycles. The molecule has 0 spiro atoms. The van der Waals surface area contributed by atoms with Crippen molar-refractivity contribution in [1.29, 1.82) is 0 Å². The Labute approximate surface area is 247 Å². The van der Waals surface area contributed by atoms with E-state index in [2.05, 4.69) is 23.6 Å². The molecule has 0 bridgehead atoms. The van der Waals surface area contributed by atoms with Gasteiger partial charge in [0.15, 0.2) is 0 Å². The molecule has 220 valence electrons. The maximum absolute atomic E-state index is 13.3. The Morgan fingerprint density at radius 3 is 2.43 bits per heavy atom. The van der Waals surface area contributed by atoms with Gasteiger partial charge in [-0.3, -0.25) is 4.79 Å². The van der Waals surface area contributed by atoms with Crippen molar-refractivity contribution in [3.8, 4) is 22.5 Å². The van der Waals surface area contributed by atoms with Gasteiger partial charge >= 0.3 is 5.97 Å². The minimum atomic E-state index is -1.06. The van der Waals surface area contributed by atoms with E-state index >= 15 is 0 Å². The molecule has 0 saturated carbocycles. The molecule has 42 heavy (non-hydrogen) atoms. The summed E-state index contributed by atoms with van der Waals surface area (Å²) in [6, 6.07) is 24.6. The summed E-state index contributed by atoms with van der Waals surface area (Å²) in [4.78, 5) is 25.1. The van der Waals surface area contributed by atoms with Crippen molar-refractivity contribution in [1.82, 2.24) is 10.6 Å². The second-order valence-corrected chi connectivity index (χ2v) is 10.5. The molecule has 0 aliphatic rings. The highest BCUT2D eigenvalue weighted by molar-refractivity contribution is 6.02. The molecule has 1 unspecified atom stereocenters. The first-order valence-electron chi connectivity index (χ1n) is 14.5. The second-order valence-electron chi connectivity index (χ2n) is 10.5. The van der Waals surface area contributed by atoms with E-state index in [-0.39, 0.29) is 6.42 Å². The van der Waals surface area contributed by atoms with Crippen molar-refractivity contribution >= 4 is 11.9 Å². The molecule has 0 fully saturated rings. The lowest BCUT2D eigenvalue weighted by atomic mass is 9.93. The van der Waals surface area contributed by atoms with Crippen molar-refractivity contribution in [3.05, 3.63) is 107 Å². The van der Waals surface area contributed by atoms with Gasteiger partial charge in [0.05, 0.1) is 6.61 Å². The standard InChI is InChI=1S/C35H40N2O5/c1-4-5-12-27-21-32(26-13-7-6-8-14-26)42-33(27)23-41-22-25-16-17-29(30(20-25)28-15-10-9-11-24(28)2)34(38)37-31(35(39)40)18-19-36-3/h6-11,13-17,20-21,31,36H,4-5,12,18-19,22-23H2,1-3H3,(H,37,38)(H,39,40). The summed E-state index contributed by atoms with van der Waals surface area (Å²) in [6.45, 7) is 5.30. The number of carbonyl (C=O) groups excluding carboxylic acids is 1. The normalized spacial score (nSPS) is 11.8. The number of amides is 1. The predicted molar refractivity (Wildman–Crippen MR) is 165 cm³/mol. The minimum Gasteiger partial charge on any atom is -0.480 e. The summed E-state index contributed by atoms with van der Waals surface area (Å²) in [5.41, 5.74) is 6.18. The molecule has 4 rings (SSSR count). The predicted octanol–water partition coefficient (Wildman–Crippen LogP) is 6.77. The first-order valence-corrected chi connectivity index (χ1v) is 14.5. The number of carbonyl (C=O) groups is 2. The van der Waals surface area contributed by atoms with E-state index in [0.29, 0.717) is 25.3 Å². The highest BCUT2D eigenvalue weighted by Gasteiger charge is 2.23. The Kier molecular flexibility index (Phi) is 11.1. The van der Waals surface area contributed by atoms with Crippen LogP contribution < -0.4 is 10.6 Å². The number of hydrogen-bond donors (Lipinski definition) is 3. The first kappa shape index (κ1) is 30.8. The number of unbranched alkanes of at least 4 members (excludes halogenated alkanes) is 1. The van der Waals surface area contributed by atoms with Crippen LogP contribution in [0.4, 0.5) is 0 Å². The molecule has 7 heteroatoms. The van der Waals surface area contributed by atoms with Crippen LogP contribution in [0.25, 0.3) is 22.5 Å². The number of rotatable bonds is 15. The molecule has 1 atom stereocenters. The van der Waals surface area contributed by atoms with Gasteiger partial charge in [0.1, 0.15) is 24.2 Å². The third-order valence-corrected chi connectivity index (χ3v) is 7.31. The minimum absolute atomic E-state index is 0.280. The number of aliphatic carboxylic acids is 1. The number of ether oxygens (including phenoxy) is 1. The lowest BCUT2D eigenvalue weighted by Crippen LogP contribution is -2.42. The topological polar surface area (TPSA) is 101 Å². The number of aryl methyl sites for hydroxylation is 2. The maximum atomic E-state index is 13.3. The summed E-state index contributed by atoms with van der Waals surface area (Å²) in [5, 5.41) is 15.3. The molecular weight excluding hydrogens is 528 g/mol. The largest absolute Gasteiger partial charge is 0.480 e. The average Bonchev–Trinajstić information content (AvgIpc) is 3.41. The van der Waals surface area contributed by atoms with Gasteiger partial charge in [-0.15, -0.1) is 0 Å². The maximum Gasteiger partial charge on any atom is 0.326 e. The fourth-order valence-electron chi connectivity index (χ4n) is 4.93. The Bertz CT molecular complexity index is 1480. The molecule has 0 aliphatic carbocycles. The molecule has 4 aromatic rings. The molecular formula is C35H40N2O5. The quantitative estimate of drug-likeness (QED) is 0.146. The van der Waals surface area contributed by atoms with Crippen LogP contribution in [0.2, 0.25) is 0 Å².